The molecule has 2 nitrogen and oxygen atoms in total. The maximum atomic E-state index is 5.72. The molecule has 2 unspecified atom stereocenters. The predicted octanol–water partition coefficient (Wildman–Crippen LogP) is 4.39. The van der Waals surface area contributed by atoms with Crippen LogP contribution in [0.25, 0.3) is 0 Å². The summed E-state index contributed by atoms with van der Waals surface area (Å²) in [5.74, 6) is 2.78. The van der Waals surface area contributed by atoms with Crippen LogP contribution in [-0.2, 0) is 0 Å². The first kappa shape index (κ1) is 12.5. The van der Waals surface area contributed by atoms with Crippen LogP contribution >= 0.6 is 0 Å². The van der Waals surface area contributed by atoms with Gasteiger partial charge in [0.2, 0.25) is 0 Å². The molecule has 1 aromatic carbocycles. The third kappa shape index (κ3) is 2.90. The van der Waals surface area contributed by atoms with Gasteiger partial charge in [0, 0.05) is 6.04 Å². The van der Waals surface area contributed by atoms with Crippen LogP contribution in [0.1, 0.15) is 48.9 Å². The van der Waals surface area contributed by atoms with E-state index < -0.39 is 0 Å². The highest BCUT2D eigenvalue weighted by atomic mass is 16.3. The van der Waals surface area contributed by atoms with Crippen molar-refractivity contribution < 1.29 is 4.42 Å². The van der Waals surface area contributed by atoms with Crippen LogP contribution in [0.3, 0.4) is 0 Å². The van der Waals surface area contributed by atoms with Gasteiger partial charge in [-0.2, -0.15) is 0 Å². The van der Waals surface area contributed by atoms with E-state index in [-0.39, 0.29) is 6.04 Å². The van der Waals surface area contributed by atoms with Crippen molar-refractivity contribution in [1.29, 1.82) is 0 Å². The quantitative estimate of drug-likeness (QED) is 0.857. The van der Waals surface area contributed by atoms with Gasteiger partial charge in [-0.05, 0) is 50.3 Å². The van der Waals surface area contributed by atoms with Crippen LogP contribution in [0.15, 0.2) is 46.9 Å². The Hall–Kier alpha value is -1.54. The van der Waals surface area contributed by atoms with Crippen molar-refractivity contribution in [3.05, 3.63) is 59.5 Å². The lowest BCUT2D eigenvalue weighted by Gasteiger charge is -2.22. The largest absolute Gasteiger partial charge is 0.465 e. The highest BCUT2D eigenvalue weighted by Gasteiger charge is 2.33. The van der Waals surface area contributed by atoms with Crippen LogP contribution in [-0.4, -0.2) is 0 Å². The Labute approximate surface area is 114 Å². The number of benzene rings is 1. The normalized spacial score (nSPS) is 18.2. The fraction of sp³-hybridized carbons (Fsp3) is 0.412. The molecule has 1 N–H and O–H groups in total. The van der Waals surface area contributed by atoms with Crippen LogP contribution < -0.4 is 5.32 Å². The minimum Gasteiger partial charge on any atom is -0.465 e. The summed E-state index contributed by atoms with van der Waals surface area (Å²) in [7, 11) is 0. The van der Waals surface area contributed by atoms with Gasteiger partial charge in [-0.25, -0.2) is 0 Å². The Kier molecular flexibility index (Phi) is 3.43. The topological polar surface area (TPSA) is 25.2 Å². The van der Waals surface area contributed by atoms with Gasteiger partial charge < -0.3 is 9.73 Å². The van der Waals surface area contributed by atoms with E-state index in [4.69, 9.17) is 4.42 Å². The van der Waals surface area contributed by atoms with Crippen LogP contribution in [0.4, 0.5) is 0 Å². The monoisotopic (exact) mass is 255 g/mol. The molecule has 1 fully saturated rings. The van der Waals surface area contributed by atoms with E-state index in [9.17, 15) is 0 Å². The SMILES string of the molecule is Cc1ccc(C(C)NC(c2ccccc2)C2CC2)o1. The lowest BCUT2D eigenvalue weighted by molar-refractivity contribution is 0.365. The van der Waals surface area contributed by atoms with Gasteiger partial charge in [-0.3, -0.25) is 0 Å². The first-order valence-electron chi connectivity index (χ1n) is 7.11. The number of hydrogen-bond donors (Lipinski definition) is 1. The molecular weight excluding hydrogens is 234 g/mol. The predicted molar refractivity (Wildman–Crippen MR) is 76.9 cm³/mol. The van der Waals surface area contributed by atoms with Crippen molar-refractivity contribution in [3.8, 4) is 0 Å². The lowest BCUT2D eigenvalue weighted by atomic mass is 10.0. The molecule has 1 aliphatic rings. The Morgan fingerprint density at radius 1 is 1.11 bits per heavy atom. The second-order valence-corrected chi connectivity index (χ2v) is 5.56. The number of nitrogens with one attached hydrogen (secondary N) is 1. The van der Waals surface area contributed by atoms with Gasteiger partial charge in [-0.1, -0.05) is 30.3 Å². The fourth-order valence-corrected chi connectivity index (χ4v) is 2.63. The second kappa shape index (κ2) is 5.22. The lowest BCUT2D eigenvalue weighted by Crippen LogP contribution is -2.26. The number of rotatable bonds is 5. The van der Waals surface area contributed by atoms with Crippen molar-refractivity contribution in [2.45, 2.75) is 38.8 Å². The first-order chi connectivity index (χ1) is 9.24. The Bertz CT molecular complexity index is 527. The molecule has 0 radical (unpaired) electrons. The van der Waals surface area contributed by atoms with Crippen LogP contribution in [0.5, 0.6) is 0 Å². The maximum absolute atomic E-state index is 5.72. The second-order valence-electron chi connectivity index (χ2n) is 5.56. The summed E-state index contributed by atoms with van der Waals surface area (Å²) in [5.41, 5.74) is 1.39. The van der Waals surface area contributed by atoms with E-state index in [1.807, 2.05) is 13.0 Å². The van der Waals surface area contributed by atoms with Crippen molar-refractivity contribution in [2.75, 3.05) is 0 Å². The zero-order chi connectivity index (χ0) is 13.2. The van der Waals surface area contributed by atoms with Crippen LogP contribution in [0.2, 0.25) is 0 Å². The van der Waals surface area contributed by atoms with E-state index >= 15 is 0 Å². The molecule has 0 saturated heterocycles. The summed E-state index contributed by atoms with van der Waals surface area (Å²) in [6.07, 6.45) is 2.66. The van der Waals surface area contributed by atoms with Crippen molar-refractivity contribution in [3.63, 3.8) is 0 Å². The van der Waals surface area contributed by atoms with E-state index in [0.29, 0.717) is 6.04 Å². The summed E-state index contributed by atoms with van der Waals surface area (Å²) in [6, 6.07) is 15.5. The molecular formula is C17H21NO. The summed E-state index contributed by atoms with van der Waals surface area (Å²) in [4.78, 5) is 0. The maximum Gasteiger partial charge on any atom is 0.120 e. The minimum absolute atomic E-state index is 0.250. The van der Waals surface area contributed by atoms with Gasteiger partial charge in [-0.15, -0.1) is 0 Å². The third-order valence-electron chi connectivity index (χ3n) is 3.87. The van der Waals surface area contributed by atoms with Gasteiger partial charge in [0.05, 0.1) is 6.04 Å². The highest BCUT2D eigenvalue weighted by Crippen LogP contribution is 2.42. The molecule has 1 saturated carbocycles. The van der Waals surface area contributed by atoms with E-state index in [2.05, 4.69) is 48.6 Å². The molecule has 1 aromatic heterocycles. The number of furan rings is 1. The third-order valence-corrected chi connectivity index (χ3v) is 3.87. The van der Waals surface area contributed by atoms with Crippen molar-refractivity contribution in [1.82, 2.24) is 5.32 Å². The Morgan fingerprint density at radius 3 is 2.42 bits per heavy atom. The van der Waals surface area contributed by atoms with Gasteiger partial charge in [0.15, 0.2) is 0 Å². The molecule has 2 heteroatoms. The van der Waals surface area contributed by atoms with Gasteiger partial charge in [0.25, 0.3) is 0 Å². The van der Waals surface area contributed by atoms with Crippen molar-refractivity contribution in [2.24, 2.45) is 5.92 Å². The summed E-state index contributed by atoms with van der Waals surface area (Å²) in [6.45, 7) is 4.17. The van der Waals surface area contributed by atoms with Crippen molar-refractivity contribution >= 4 is 0 Å². The van der Waals surface area contributed by atoms with E-state index in [1.54, 1.807) is 0 Å². The average Bonchev–Trinajstić information content (AvgIpc) is 3.18. The zero-order valence-corrected chi connectivity index (χ0v) is 11.6. The highest BCUT2D eigenvalue weighted by molar-refractivity contribution is 5.22. The van der Waals surface area contributed by atoms with Gasteiger partial charge >= 0.3 is 0 Å². The molecule has 2 aromatic rings. The molecule has 2 atom stereocenters. The number of hydrogen-bond acceptors (Lipinski definition) is 2. The minimum atomic E-state index is 0.250. The molecule has 100 valence electrons. The summed E-state index contributed by atoms with van der Waals surface area (Å²) < 4.78 is 5.72. The molecule has 0 bridgehead atoms. The average molecular weight is 255 g/mol. The van der Waals surface area contributed by atoms with E-state index in [0.717, 1.165) is 17.4 Å². The molecule has 1 aliphatic carbocycles. The summed E-state index contributed by atoms with van der Waals surface area (Å²) in [5, 5.41) is 3.73. The molecule has 19 heavy (non-hydrogen) atoms. The molecule has 0 spiro atoms. The number of aryl methyl sites for hydroxylation is 1. The van der Waals surface area contributed by atoms with Gasteiger partial charge in [0.1, 0.15) is 11.5 Å². The zero-order valence-electron chi connectivity index (χ0n) is 11.6. The summed E-state index contributed by atoms with van der Waals surface area (Å²) >= 11 is 0. The molecule has 0 amide bonds. The van der Waals surface area contributed by atoms with Crippen LogP contribution in [0, 0.1) is 12.8 Å². The Balaban J connectivity index is 1.75. The first-order valence-corrected chi connectivity index (χ1v) is 7.11. The molecule has 1 heterocycles. The standard InChI is InChI=1S/C17H21NO/c1-12-8-11-16(19-12)13(2)18-17(15-9-10-15)14-6-4-3-5-7-14/h3-8,11,13,15,17-18H,9-10H2,1-2H3. The smallest absolute Gasteiger partial charge is 0.120 e. The molecule has 3 rings (SSSR count). The molecule has 0 aliphatic heterocycles. The Morgan fingerprint density at radius 2 is 1.84 bits per heavy atom. The fourth-order valence-electron chi connectivity index (χ4n) is 2.63. The van der Waals surface area contributed by atoms with E-state index in [1.165, 1.54) is 18.4 Å².